The highest BCUT2D eigenvalue weighted by atomic mass is 35.5. The van der Waals surface area contributed by atoms with E-state index >= 15 is 0 Å². The minimum Gasteiger partial charge on any atom is -0.352 e. The molecular weight excluding hydrogens is 627 g/mol. The Morgan fingerprint density at radius 1 is 0.978 bits per heavy atom. The molecule has 2 amide bonds. The fraction of sp³-hybridized carbons (Fsp3) is 0.394. The van der Waals surface area contributed by atoms with Crippen LogP contribution in [-0.4, -0.2) is 43.8 Å². The van der Waals surface area contributed by atoms with Gasteiger partial charge in [-0.3, -0.25) is 13.9 Å². The molecule has 1 N–H and O–H groups in total. The second-order valence-electron chi connectivity index (χ2n) is 11.3. The molecule has 3 aromatic carbocycles. The summed E-state index contributed by atoms with van der Waals surface area (Å²) in [6.07, 6.45) is 0.136. The average Bonchev–Trinajstić information content (AvgIpc) is 3.01. The summed E-state index contributed by atoms with van der Waals surface area (Å²) in [5.74, 6) is -1.13. The number of anilines is 1. The summed E-state index contributed by atoms with van der Waals surface area (Å²) in [7, 11) is -4.59. The number of sulfonamides is 1. The Kier molecular flexibility index (Phi) is 11.2. The van der Waals surface area contributed by atoms with E-state index in [1.54, 1.807) is 13.0 Å². The Labute approximate surface area is 267 Å². The second kappa shape index (κ2) is 14.7. The number of alkyl halides is 3. The zero-order valence-electron chi connectivity index (χ0n) is 25.2. The first-order chi connectivity index (χ1) is 21.3. The van der Waals surface area contributed by atoms with Crippen LogP contribution >= 0.6 is 11.6 Å². The molecule has 4 rings (SSSR count). The molecule has 1 atom stereocenters. The van der Waals surface area contributed by atoms with E-state index in [1.807, 2.05) is 31.2 Å². The molecule has 1 aliphatic carbocycles. The Hall–Kier alpha value is -3.57. The van der Waals surface area contributed by atoms with Gasteiger partial charge in [-0.25, -0.2) is 8.42 Å². The quantitative estimate of drug-likeness (QED) is 0.237. The molecular formula is C33H37ClF3N3O4S. The third-order valence-electron chi connectivity index (χ3n) is 7.96. The number of carbonyl (C=O) groups excluding carboxylic acids is 2. The summed E-state index contributed by atoms with van der Waals surface area (Å²) in [5.41, 5.74) is 0.0570. The Bertz CT molecular complexity index is 1580. The zero-order valence-corrected chi connectivity index (χ0v) is 26.8. The van der Waals surface area contributed by atoms with Crippen LogP contribution in [0, 0.1) is 6.92 Å². The van der Waals surface area contributed by atoms with Crippen molar-refractivity contribution in [2.45, 2.75) is 82.1 Å². The van der Waals surface area contributed by atoms with Crippen molar-refractivity contribution in [2.24, 2.45) is 0 Å². The van der Waals surface area contributed by atoms with Gasteiger partial charge in [0.2, 0.25) is 11.8 Å². The SMILES string of the molecule is CC[C@@H](C(=O)NC1CCCCC1)N(Cc1ccc(C)cc1)C(=O)CN(c1cc(C(F)(F)F)ccc1Cl)S(=O)(=O)c1ccccc1. The van der Waals surface area contributed by atoms with Crippen LogP contribution in [0.5, 0.6) is 0 Å². The predicted octanol–water partition coefficient (Wildman–Crippen LogP) is 7.12. The summed E-state index contributed by atoms with van der Waals surface area (Å²) < 4.78 is 69.8. The molecule has 3 aromatic rings. The molecule has 0 spiro atoms. The number of hydrogen-bond donors (Lipinski definition) is 1. The summed E-state index contributed by atoms with van der Waals surface area (Å²) >= 11 is 6.33. The molecule has 7 nitrogen and oxygen atoms in total. The van der Waals surface area contributed by atoms with Crippen LogP contribution in [0.4, 0.5) is 18.9 Å². The van der Waals surface area contributed by atoms with E-state index in [9.17, 15) is 31.2 Å². The average molecular weight is 664 g/mol. The van der Waals surface area contributed by atoms with E-state index in [2.05, 4.69) is 5.32 Å². The van der Waals surface area contributed by atoms with Gasteiger partial charge in [0, 0.05) is 12.6 Å². The summed E-state index contributed by atoms with van der Waals surface area (Å²) in [6, 6.07) is 15.7. The highest BCUT2D eigenvalue weighted by molar-refractivity contribution is 7.92. The van der Waals surface area contributed by atoms with Gasteiger partial charge in [0.25, 0.3) is 10.0 Å². The van der Waals surface area contributed by atoms with Crippen molar-refractivity contribution in [1.82, 2.24) is 10.2 Å². The standard InChI is InChI=1S/C33H37ClF3N3O4S/c1-3-29(32(42)38-26-10-6-4-7-11-26)39(21-24-16-14-23(2)15-17-24)31(41)22-40(45(43,44)27-12-8-5-9-13-27)30-20-25(33(35,36)37)18-19-28(30)34/h5,8-9,12-20,26,29H,3-4,6-7,10-11,21-22H2,1-2H3,(H,38,42)/t29-/m0/s1. The maximum atomic E-state index is 14.2. The zero-order chi connectivity index (χ0) is 32.8. The molecule has 0 radical (unpaired) electrons. The van der Waals surface area contributed by atoms with Crippen molar-refractivity contribution >= 4 is 39.1 Å². The minimum atomic E-state index is -4.80. The van der Waals surface area contributed by atoms with Crippen LogP contribution in [0.25, 0.3) is 0 Å². The van der Waals surface area contributed by atoms with Crippen molar-refractivity contribution in [3.05, 3.63) is 94.5 Å². The van der Waals surface area contributed by atoms with Crippen LogP contribution in [0.1, 0.15) is 62.1 Å². The Balaban J connectivity index is 1.77. The largest absolute Gasteiger partial charge is 0.416 e. The number of rotatable bonds is 11. The smallest absolute Gasteiger partial charge is 0.352 e. The van der Waals surface area contributed by atoms with E-state index in [1.165, 1.54) is 29.2 Å². The van der Waals surface area contributed by atoms with Crippen LogP contribution < -0.4 is 9.62 Å². The van der Waals surface area contributed by atoms with Gasteiger partial charge in [-0.2, -0.15) is 13.2 Å². The molecule has 1 aliphatic rings. The van der Waals surface area contributed by atoms with Crippen molar-refractivity contribution in [1.29, 1.82) is 0 Å². The lowest BCUT2D eigenvalue weighted by Gasteiger charge is -2.34. The van der Waals surface area contributed by atoms with Gasteiger partial charge in [-0.05, 0) is 62.1 Å². The fourth-order valence-electron chi connectivity index (χ4n) is 5.47. The lowest BCUT2D eigenvalue weighted by Crippen LogP contribution is -2.54. The van der Waals surface area contributed by atoms with Crippen molar-refractivity contribution in [3.8, 4) is 0 Å². The van der Waals surface area contributed by atoms with Gasteiger partial charge in [-0.15, -0.1) is 0 Å². The van der Waals surface area contributed by atoms with Crippen LogP contribution in [0.2, 0.25) is 5.02 Å². The van der Waals surface area contributed by atoms with Crippen LogP contribution in [0.3, 0.4) is 0 Å². The van der Waals surface area contributed by atoms with E-state index in [0.29, 0.717) is 15.9 Å². The van der Waals surface area contributed by atoms with Crippen molar-refractivity contribution < 1.29 is 31.2 Å². The molecule has 0 saturated heterocycles. The van der Waals surface area contributed by atoms with Gasteiger partial charge in [-0.1, -0.05) is 85.8 Å². The lowest BCUT2D eigenvalue weighted by atomic mass is 9.95. The highest BCUT2D eigenvalue weighted by Crippen LogP contribution is 2.37. The number of amides is 2. The van der Waals surface area contributed by atoms with Gasteiger partial charge in [0.1, 0.15) is 12.6 Å². The van der Waals surface area contributed by atoms with Gasteiger partial charge in [0.15, 0.2) is 0 Å². The number of aryl methyl sites for hydroxylation is 1. The second-order valence-corrected chi connectivity index (χ2v) is 13.5. The Morgan fingerprint density at radius 2 is 1.62 bits per heavy atom. The van der Waals surface area contributed by atoms with Gasteiger partial charge < -0.3 is 10.2 Å². The van der Waals surface area contributed by atoms with Gasteiger partial charge >= 0.3 is 6.18 Å². The monoisotopic (exact) mass is 663 g/mol. The Morgan fingerprint density at radius 3 is 2.22 bits per heavy atom. The summed E-state index contributed by atoms with van der Waals surface area (Å²) in [5, 5.41) is 2.77. The molecule has 0 aromatic heterocycles. The lowest BCUT2D eigenvalue weighted by molar-refractivity contribution is -0.140. The van der Waals surface area contributed by atoms with E-state index in [4.69, 9.17) is 11.6 Å². The van der Waals surface area contributed by atoms with E-state index in [0.717, 1.165) is 49.8 Å². The maximum Gasteiger partial charge on any atom is 0.416 e. The first-order valence-electron chi connectivity index (χ1n) is 14.9. The predicted molar refractivity (Wildman–Crippen MR) is 168 cm³/mol. The third-order valence-corrected chi connectivity index (χ3v) is 10.1. The molecule has 0 unspecified atom stereocenters. The molecule has 45 heavy (non-hydrogen) atoms. The van der Waals surface area contributed by atoms with E-state index < -0.39 is 45.9 Å². The molecule has 242 valence electrons. The molecule has 12 heteroatoms. The summed E-state index contributed by atoms with van der Waals surface area (Å²) in [6.45, 7) is 2.75. The first-order valence-corrected chi connectivity index (χ1v) is 16.7. The number of nitrogens with zero attached hydrogens (tertiary/aromatic N) is 2. The molecule has 0 aliphatic heterocycles. The minimum absolute atomic E-state index is 0.0226. The number of carbonyl (C=O) groups is 2. The molecule has 1 fully saturated rings. The molecule has 0 bridgehead atoms. The maximum absolute atomic E-state index is 14.2. The normalized spacial score (nSPS) is 14.9. The molecule has 0 heterocycles. The van der Waals surface area contributed by atoms with Crippen LogP contribution in [0.15, 0.2) is 77.7 Å². The topological polar surface area (TPSA) is 86.8 Å². The number of nitrogens with one attached hydrogen (secondary N) is 1. The molecule has 1 saturated carbocycles. The van der Waals surface area contributed by atoms with E-state index in [-0.39, 0.29) is 34.8 Å². The highest BCUT2D eigenvalue weighted by Gasteiger charge is 2.37. The number of benzene rings is 3. The number of hydrogen-bond acceptors (Lipinski definition) is 4. The van der Waals surface area contributed by atoms with Crippen molar-refractivity contribution in [3.63, 3.8) is 0 Å². The van der Waals surface area contributed by atoms with Crippen molar-refractivity contribution in [2.75, 3.05) is 10.8 Å². The first kappa shape index (κ1) is 34.3. The van der Waals surface area contributed by atoms with Crippen LogP contribution in [-0.2, 0) is 32.3 Å². The summed E-state index contributed by atoms with van der Waals surface area (Å²) in [4.78, 5) is 28.9. The number of halogens is 4. The van der Waals surface area contributed by atoms with Gasteiger partial charge in [0.05, 0.1) is 21.2 Å². The fourth-order valence-corrected chi connectivity index (χ4v) is 7.18. The third kappa shape index (κ3) is 8.58.